The van der Waals surface area contributed by atoms with E-state index in [4.69, 9.17) is 11.6 Å². The Hall–Kier alpha value is -2.25. The molecule has 1 amide bonds. The molecule has 6 nitrogen and oxygen atoms in total. The topological polar surface area (TPSA) is 76.9 Å². The molecule has 8 heteroatoms. The summed E-state index contributed by atoms with van der Waals surface area (Å²) in [6.07, 6.45) is 4.09. The minimum absolute atomic E-state index is 0.245. The zero-order valence-electron chi connectivity index (χ0n) is 15.1. The first kappa shape index (κ1) is 18.1. The van der Waals surface area contributed by atoms with E-state index in [1.165, 1.54) is 9.56 Å². The van der Waals surface area contributed by atoms with Gasteiger partial charge >= 0.3 is 0 Å². The number of carbonyl (C=O) groups is 1. The molecule has 0 aliphatic heterocycles. The lowest BCUT2D eigenvalue weighted by Crippen LogP contribution is -2.34. The van der Waals surface area contributed by atoms with Gasteiger partial charge in [0.1, 0.15) is 6.04 Å². The van der Waals surface area contributed by atoms with E-state index in [9.17, 15) is 9.59 Å². The van der Waals surface area contributed by atoms with Crippen molar-refractivity contribution in [1.29, 1.82) is 0 Å². The SMILES string of the molecule is Cc1c(Cl)cccc1NC(=O)[C@@H](C)n1nnc2sc3c(c2c1=O)CCCC3. The zero-order chi connectivity index (χ0) is 19.1. The highest BCUT2D eigenvalue weighted by molar-refractivity contribution is 7.18. The summed E-state index contributed by atoms with van der Waals surface area (Å²) in [5.74, 6) is -0.333. The number of thiophene rings is 1. The number of fused-ring (bicyclic) bond motifs is 3. The van der Waals surface area contributed by atoms with Crippen molar-refractivity contribution in [3.8, 4) is 0 Å². The third-order valence-corrected chi connectivity index (χ3v) is 6.66. The van der Waals surface area contributed by atoms with E-state index in [-0.39, 0.29) is 11.5 Å². The van der Waals surface area contributed by atoms with Gasteiger partial charge in [-0.25, -0.2) is 0 Å². The van der Waals surface area contributed by atoms with E-state index < -0.39 is 6.04 Å². The number of carbonyl (C=O) groups excluding carboxylic acids is 1. The van der Waals surface area contributed by atoms with E-state index in [1.807, 2.05) is 6.92 Å². The van der Waals surface area contributed by atoms with E-state index in [0.717, 1.165) is 36.8 Å². The normalized spacial score (nSPS) is 14.8. The predicted octanol–water partition coefficient (Wildman–Crippen LogP) is 3.89. The van der Waals surface area contributed by atoms with Crippen LogP contribution < -0.4 is 10.9 Å². The molecule has 4 rings (SSSR count). The molecule has 27 heavy (non-hydrogen) atoms. The summed E-state index contributed by atoms with van der Waals surface area (Å²) in [7, 11) is 0. The van der Waals surface area contributed by atoms with Gasteiger partial charge in [-0.1, -0.05) is 22.9 Å². The summed E-state index contributed by atoms with van der Waals surface area (Å²) in [4.78, 5) is 27.7. The summed E-state index contributed by atoms with van der Waals surface area (Å²) < 4.78 is 1.18. The molecular weight excluding hydrogens is 384 g/mol. The van der Waals surface area contributed by atoms with Crippen molar-refractivity contribution < 1.29 is 4.79 Å². The second-order valence-corrected chi connectivity index (χ2v) is 8.30. The Kier molecular flexibility index (Phi) is 4.74. The van der Waals surface area contributed by atoms with Crippen LogP contribution in [0.5, 0.6) is 0 Å². The fourth-order valence-electron chi connectivity index (χ4n) is 3.43. The highest BCUT2D eigenvalue weighted by Gasteiger charge is 2.24. The standard InChI is InChI=1S/C19H19ClN4O2S/c1-10-13(20)7-5-8-14(10)21-17(25)11(2)24-19(26)16-12-6-3-4-9-15(12)27-18(16)22-23-24/h5,7-8,11H,3-4,6,9H2,1-2H3,(H,21,25)/t11-/m1/s1. The number of hydrogen-bond donors (Lipinski definition) is 1. The van der Waals surface area contributed by atoms with Gasteiger partial charge in [-0.2, -0.15) is 4.68 Å². The Balaban J connectivity index is 1.69. The fraction of sp³-hybridized carbons (Fsp3) is 0.368. The number of benzene rings is 1. The van der Waals surface area contributed by atoms with Gasteiger partial charge in [0, 0.05) is 15.6 Å². The molecule has 1 aromatic carbocycles. The van der Waals surface area contributed by atoms with Crippen LogP contribution in [0.3, 0.4) is 0 Å². The highest BCUT2D eigenvalue weighted by Crippen LogP contribution is 2.33. The smallest absolute Gasteiger partial charge is 0.279 e. The molecule has 3 aromatic rings. The maximum atomic E-state index is 13.0. The Morgan fingerprint density at radius 2 is 2.11 bits per heavy atom. The number of anilines is 1. The number of nitrogens with one attached hydrogen (secondary N) is 1. The van der Waals surface area contributed by atoms with Crippen LogP contribution in [-0.2, 0) is 17.6 Å². The van der Waals surface area contributed by atoms with Crippen LogP contribution in [0, 0.1) is 6.92 Å². The first-order valence-corrected chi connectivity index (χ1v) is 10.1. The summed E-state index contributed by atoms with van der Waals surface area (Å²) >= 11 is 7.66. The number of aryl methyl sites for hydroxylation is 2. The molecule has 0 bridgehead atoms. The summed E-state index contributed by atoms with van der Waals surface area (Å²) in [6.45, 7) is 3.48. The molecule has 1 atom stereocenters. The summed E-state index contributed by atoms with van der Waals surface area (Å²) in [6, 6.07) is 4.52. The lowest BCUT2D eigenvalue weighted by molar-refractivity contribution is -0.119. The minimum Gasteiger partial charge on any atom is -0.324 e. The Bertz CT molecular complexity index is 1110. The lowest BCUT2D eigenvalue weighted by atomic mass is 9.97. The van der Waals surface area contributed by atoms with Crippen molar-refractivity contribution >= 4 is 44.7 Å². The molecule has 1 aliphatic rings. The second kappa shape index (κ2) is 7.05. The van der Waals surface area contributed by atoms with Gasteiger partial charge < -0.3 is 5.32 Å². The van der Waals surface area contributed by atoms with Crippen molar-refractivity contribution in [2.45, 2.75) is 45.6 Å². The van der Waals surface area contributed by atoms with Gasteiger partial charge in [0.25, 0.3) is 5.56 Å². The molecule has 1 N–H and O–H groups in total. The fourth-order valence-corrected chi connectivity index (χ4v) is 4.80. The maximum absolute atomic E-state index is 13.0. The number of rotatable bonds is 3. The van der Waals surface area contributed by atoms with Crippen molar-refractivity contribution in [1.82, 2.24) is 15.0 Å². The Morgan fingerprint density at radius 1 is 1.33 bits per heavy atom. The number of hydrogen-bond acceptors (Lipinski definition) is 5. The number of nitrogens with zero attached hydrogens (tertiary/aromatic N) is 3. The van der Waals surface area contributed by atoms with Gasteiger partial charge in [0.05, 0.1) is 5.39 Å². The van der Waals surface area contributed by atoms with Crippen molar-refractivity contribution in [3.05, 3.63) is 49.6 Å². The highest BCUT2D eigenvalue weighted by atomic mass is 35.5. The van der Waals surface area contributed by atoms with Crippen LogP contribution >= 0.6 is 22.9 Å². The molecule has 0 saturated heterocycles. The molecule has 0 saturated carbocycles. The first-order valence-electron chi connectivity index (χ1n) is 8.93. The molecule has 1 aliphatic carbocycles. The molecule has 0 spiro atoms. The lowest BCUT2D eigenvalue weighted by Gasteiger charge is -2.15. The van der Waals surface area contributed by atoms with Crippen LogP contribution in [0.1, 0.15) is 41.8 Å². The number of halogens is 1. The average Bonchev–Trinajstić information content (AvgIpc) is 3.04. The number of amides is 1. The molecule has 0 unspecified atom stereocenters. The van der Waals surface area contributed by atoms with Crippen LogP contribution in [0.4, 0.5) is 5.69 Å². The Labute approximate surface area is 165 Å². The van der Waals surface area contributed by atoms with Gasteiger partial charge in [0.15, 0.2) is 4.83 Å². The van der Waals surface area contributed by atoms with E-state index in [0.29, 0.717) is 20.9 Å². The largest absolute Gasteiger partial charge is 0.324 e. The van der Waals surface area contributed by atoms with Gasteiger partial charge in [0.2, 0.25) is 5.91 Å². The summed E-state index contributed by atoms with van der Waals surface area (Å²) in [5.41, 5.74) is 2.24. The van der Waals surface area contributed by atoms with E-state index in [1.54, 1.807) is 36.5 Å². The van der Waals surface area contributed by atoms with Crippen molar-refractivity contribution in [2.24, 2.45) is 0 Å². The van der Waals surface area contributed by atoms with Gasteiger partial charge in [-0.05, 0) is 62.8 Å². The molecular formula is C19H19ClN4O2S. The van der Waals surface area contributed by atoms with Crippen LogP contribution in [-0.4, -0.2) is 20.9 Å². The first-order chi connectivity index (χ1) is 13.0. The third-order valence-electron chi connectivity index (χ3n) is 5.08. The monoisotopic (exact) mass is 402 g/mol. The van der Waals surface area contributed by atoms with Crippen LogP contribution in [0.15, 0.2) is 23.0 Å². The minimum atomic E-state index is -0.785. The molecule has 2 heterocycles. The zero-order valence-corrected chi connectivity index (χ0v) is 16.7. The Morgan fingerprint density at radius 3 is 2.93 bits per heavy atom. The predicted molar refractivity (Wildman–Crippen MR) is 108 cm³/mol. The molecule has 0 fully saturated rings. The summed E-state index contributed by atoms with van der Waals surface area (Å²) in [5, 5.41) is 12.3. The second-order valence-electron chi connectivity index (χ2n) is 6.81. The number of aromatic nitrogens is 3. The van der Waals surface area contributed by atoms with Gasteiger partial charge in [-0.3, -0.25) is 9.59 Å². The van der Waals surface area contributed by atoms with Gasteiger partial charge in [-0.15, -0.1) is 16.4 Å². The van der Waals surface area contributed by atoms with Crippen molar-refractivity contribution in [3.63, 3.8) is 0 Å². The molecule has 0 radical (unpaired) electrons. The molecule has 2 aromatic heterocycles. The van der Waals surface area contributed by atoms with Crippen molar-refractivity contribution in [2.75, 3.05) is 5.32 Å². The van der Waals surface area contributed by atoms with E-state index >= 15 is 0 Å². The van der Waals surface area contributed by atoms with Crippen LogP contribution in [0.2, 0.25) is 5.02 Å². The van der Waals surface area contributed by atoms with Crippen LogP contribution in [0.25, 0.3) is 10.2 Å². The van der Waals surface area contributed by atoms with E-state index in [2.05, 4.69) is 15.6 Å². The quantitative estimate of drug-likeness (QED) is 0.720. The maximum Gasteiger partial charge on any atom is 0.279 e. The average molecular weight is 403 g/mol. The third kappa shape index (κ3) is 3.15. The molecule has 140 valence electrons.